The first-order chi connectivity index (χ1) is 16.4. The van der Waals surface area contributed by atoms with E-state index in [1.165, 1.54) is 21.3 Å². The highest BCUT2D eigenvalue weighted by atomic mass is 32.2. The topological polar surface area (TPSA) is 103 Å². The Hall–Kier alpha value is -3.66. The number of thioether (sulfide) groups is 1. The lowest BCUT2D eigenvalue weighted by Crippen LogP contribution is -2.41. The molecule has 3 amide bonds. The number of nitrogens with one attached hydrogen (secondary N) is 1. The van der Waals surface area contributed by atoms with E-state index in [9.17, 15) is 14.4 Å². The molecule has 9 nitrogen and oxygen atoms in total. The van der Waals surface area contributed by atoms with Crippen LogP contribution < -0.4 is 24.3 Å². The summed E-state index contributed by atoms with van der Waals surface area (Å²) in [6, 6.07) is 12.4. The highest BCUT2D eigenvalue weighted by Crippen LogP contribution is 2.40. The summed E-state index contributed by atoms with van der Waals surface area (Å²) in [6.07, 6.45) is 0.862. The molecule has 2 aromatic carbocycles. The summed E-state index contributed by atoms with van der Waals surface area (Å²) >= 11 is 0.829. The van der Waals surface area contributed by atoms with E-state index < -0.39 is 17.3 Å². The second-order valence-electron chi connectivity index (χ2n) is 7.16. The third kappa shape index (κ3) is 5.82. The number of rotatable bonds is 10. The predicted molar refractivity (Wildman–Crippen MR) is 128 cm³/mol. The highest BCUT2D eigenvalue weighted by Gasteiger charge is 2.35. The average molecular weight is 487 g/mol. The van der Waals surface area contributed by atoms with E-state index in [-0.39, 0.29) is 23.9 Å². The summed E-state index contributed by atoms with van der Waals surface area (Å²) < 4.78 is 21.5. The van der Waals surface area contributed by atoms with Crippen molar-refractivity contribution in [2.75, 3.05) is 34.4 Å². The number of hydrogen-bond donors (Lipinski definition) is 1. The maximum Gasteiger partial charge on any atom is 0.293 e. The number of ether oxygens (including phenoxy) is 4. The molecule has 1 saturated heterocycles. The zero-order valence-electron chi connectivity index (χ0n) is 19.3. The van der Waals surface area contributed by atoms with Crippen LogP contribution in [-0.4, -0.2) is 62.5 Å². The van der Waals surface area contributed by atoms with Gasteiger partial charge in [0.25, 0.3) is 17.1 Å². The Bertz CT molecular complexity index is 1060. The molecule has 10 heteroatoms. The molecule has 34 heavy (non-hydrogen) atoms. The van der Waals surface area contributed by atoms with Crippen molar-refractivity contribution in [2.24, 2.45) is 0 Å². The van der Waals surface area contributed by atoms with Crippen LogP contribution in [0.25, 0.3) is 6.08 Å². The zero-order valence-corrected chi connectivity index (χ0v) is 20.1. The Morgan fingerprint density at radius 1 is 1.06 bits per heavy atom. The van der Waals surface area contributed by atoms with Gasteiger partial charge in [-0.15, -0.1) is 0 Å². The standard InChI is InChI=1S/C24H26N2O7S/c1-15(33-17-8-6-5-7-9-17)22(27)25-10-11-26-23(28)20(34-24(26)29)14-16-12-18(30-2)21(32-4)19(13-16)31-3/h5-9,12-15H,10-11H2,1-4H3,(H,25,27)/b20-14-. The monoisotopic (exact) mass is 486 g/mol. The molecule has 0 bridgehead atoms. The Morgan fingerprint density at radius 2 is 1.71 bits per heavy atom. The fourth-order valence-electron chi connectivity index (χ4n) is 3.22. The van der Waals surface area contributed by atoms with E-state index in [1.807, 2.05) is 18.2 Å². The second kappa shape index (κ2) is 11.5. The molecule has 1 heterocycles. The van der Waals surface area contributed by atoms with E-state index in [4.69, 9.17) is 18.9 Å². The lowest BCUT2D eigenvalue weighted by molar-refractivity contribution is -0.128. The molecule has 1 atom stereocenters. The fraction of sp³-hybridized carbons (Fsp3) is 0.292. The Morgan fingerprint density at radius 3 is 2.29 bits per heavy atom. The van der Waals surface area contributed by atoms with Crippen molar-refractivity contribution in [3.63, 3.8) is 0 Å². The van der Waals surface area contributed by atoms with Gasteiger partial charge < -0.3 is 24.3 Å². The van der Waals surface area contributed by atoms with Crippen LogP contribution in [0, 0.1) is 0 Å². The molecule has 0 saturated carbocycles. The van der Waals surface area contributed by atoms with Gasteiger partial charge in [0.15, 0.2) is 17.6 Å². The fourth-order valence-corrected chi connectivity index (χ4v) is 4.09. The molecule has 0 aliphatic carbocycles. The van der Waals surface area contributed by atoms with Gasteiger partial charge in [-0.3, -0.25) is 19.3 Å². The van der Waals surface area contributed by atoms with Crippen LogP contribution in [0.5, 0.6) is 23.0 Å². The smallest absolute Gasteiger partial charge is 0.293 e. The van der Waals surface area contributed by atoms with Gasteiger partial charge in [-0.05, 0) is 54.6 Å². The van der Waals surface area contributed by atoms with E-state index in [0.717, 1.165) is 16.7 Å². The van der Waals surface area contributed by atoms with Gasteiger partial charge in [-0.25, -0.2) is 0 Å². The molecule has 1 aliphatic rings. The normalized spacial score (nSPS) is 15.3. The van der Waals surface area contributed by atoms with Crippen LogP contribution in [0.3, 0.4) is 0 Å². The molecule has 0 aromatic heterocycles. The van der Waals surface area contributed by atoms with Crippen LogP contribution in [0.4, 0.5) is 4.79 Å². The molecule has 3 rings (SSSR count). The van der Waals surface area contributed by atoms with E-state index in [0.29, 0.717) is 28.6 Å². The number of imide groups is 1. The van der Waals surface area contributed by atoms with Gasteiger partial charge in [0.05, 0.1) is 26.2 Å². The zero-order chi connectivity index (χ0) is 24.7. The minimum Gasteiger partial charge on any atom is -0.493 e. The minimum atomic E-state index is -0.725. The van der Waals surface area contributed by atoms with Gasteiger partial charge in [0.1, 0.15) is 5.75 Å². The lowest BCUT2D eigenvalue weighted by atomic mass is 10.1. The number of benzene rings is 2. The molecule has 0 spiro atoms. The summed E-state index contributed by atoms with van der Waals surface area (Å²) in [5, 5.41) is 2.28. The molecular formula is C24H26N2O7S. The number of para-hydroxylation sites is 1. The number of nitrogens with zero attached hydrogens (tertiary/aromatic N) is 1. The van der Waals surface area contributed by atoms with Crippen molar-refractivity contribution < 1.29 is 33.3 Å². The Labute approximate surface area is 202 Å². The van der Waals surface area contributed by atoms with Crippen LogP contribution in [0.15, 0.2) is 47.4 Å². The van der Waals surface area contributed by atoms with Gasteiger partial charge in [-0.2, -0.15) is 0 Å². The first kappa shape index (κ1) is 25.0. The number of hydrogen-bond acceptors (Lipinski definition) is 8. The first-order valence-corrected chi connectivity index (χ1v) is 11.2. The predicted octanol–water partition coefficient (Wildman–Crippen LogP) is 3.33. The molecule has 0 radical (unpaired) electrons. The average Bonchev–Trinajstić information content (AvgIpc) is 3.10. The summed E-state index contributed by atoms with van der Waals surface area (Å²) in [5.74, 6) is 1.09. The van der Waals surface area contributed by atoms with Crippen LogP contribution >= 0.6 is 11.8 Å². The minimum absolute atomic E-state index is 0.0427. The highest BCUT2D eigenvalue weighted by molar-refractivity contribution is 8.18. The largest absolute Gasteiger partial charge is 0.493 e. The van der Waals surface area contributed by atoms with Crippen molar-refractivity contribution >= 4 is 34.9 Å². The van der Waals surface area contributed by atoms with Crippen LogP contribution in [-0.2, 0) is 9.59 Å². The van der Waals surface area contributed by atoms with E-state index in [1.54, 1.807) is 37.3 Å². The molecule has 2 aromatic rings. The second-order valence-corrected chi connectivity index (χ2v) is 8.15. The van der Waals surface area contributed by atoms with E-state index >= 15 is 0 Å². The SMILES string of the molecule is COc1cc(/C=C2\SC(=O)N(CCNC(=O)C(C)Oc3ccccc3)C2=O)cc(OC)c1OC. The molecule has 1 fully saturated rings. The number of carbonyl (C=O) groups is 3. The summed E-state index contributed by atoms with van der Waals surface area (Å²) in [5.41, 5.74) is 0.611. The van der Waals surface area contributed by atoms with Gasteiger partial charge >= 0.3 is 0 Å². The number of methoxy groups -OCH3 is 3. The van der Waals surface area contributed by atoms with Crippen LogP contribution in [0.1, 0.15) is 12.5 Å². The molecular weight excluding hydrogens is 460 g/mol. The molecule has 180 valence electrons. The van der Waals surface area contributed by atoms with Crippen molar-refractivity contribution in [1.29, 1.82) is 0 Å². The Balaban J connectivity index is 1.61. The summed E-state index contributed by atoms with van der Waals surface area (Å²) in [6.45, 7) is 1.78. The maximum atomic E-state index is 12.8. The van der Waals surface area contributed by atoms with E-state index in [2.05, 4.69) is 5.32 Å². The first-order valence-electron chi connectivity index (χ1n) is 10.4. The molecule has 1 unspecified atom stereocenters. The van der Waals surface area contributed by atoms with Crippen molar-refractivity contribution in [2.45, 2.75) is 13.0 Å². The summed E-state index contributed by atoms with van der Waals surface area (Å²) in [4.78, 5) is 38.8. The van der Waals surface area contributed by atoms with Crippen molar-refractivity contribution in [1.82, 2.24) is 10.2 Å². The quantitative estimate of drug-likeness (QED) is 0.510. The number of carbonyl (C=O) groups excluding carboxylic acids is 3. The van der Waals surface area contributed by atoms with Crippen molar-refractivity contribution in [3.8, 4) is 23.0 Å². The lowest BCUT2D eigenvalue weighted by Gasteiger charge is -2.16. The number of amides is 3. The van der Waals surface area contributed by atoms with Gasteiger partial charge in [0.2, 0.25) is 5.75 Å². The van der Waals surface area contributed by atoms with Gasteiger partial charge in [-0.1, -0.05) is 18.2 Å². The van der Waals surface area contributed by atoms with Gasteiger partial charge in [0, 0.05) is 13.1 Å². The van der Waals surface area contributed by atoms with Crippen LogP contribution in [0.2, 0.25) is 0 Å². The summed E-state index contributed by atoms with van der Waals surface area (Å²) in [7, 11) is 4.49. The van der Waals surface area contributed by atoms with Crippen molar-refractivity contribution in [3.05, 3.63) is 52.9 Å². The Kier molecular flexibility index (Phi) is 8.42. The maximum absolute atomic E-state index is 12.8. The third-order valence-electron chi connectivity index (χ3n) is 4.92. The molecule has 1 aliphatic heterocycles. The third-order valence-corrected chi connectivity index (χ3v) is 5.83. The molecule has 1 N–H and O–H groups in total.